The molecule has 0 aliphatic heterocycles. The summed E-state index contributed by atoms with van der Waals surface area (Å²) in [5, 5.41) is 12.8. The predicted molar refractivity (Wildman–Crippen MR) is 97.3 cm³/mol. The molecular formula is C20H29NO5. The second-order valence-electron chi connectivity index (χ2n) is 7.92. The van der Waals surface area contributed by atoms with Gasteiger partial charge in [-0.2, -0.15) is 0 Å². The Bertz CT molecular complexity index is 608. The highest BCUT2D eigenvalue weighted by molar-refractivity contribution is 5.74. The third-order valence-electron chi connectivity index (χ3n) is 4.48. The molecule has 1 amide bonds. The minimum absolute atomic E-state index is 0.201. The summed E-state index contributed by atoms with van der Waals surface area (Å²) in [5.41, 5.74) is 0.330. The lowest BCUT2D eigenvalue weighted by Crippen LogP contribution is -2.38. The highest BCUT2D eigenvalue weighted by Gasteiger charge is 2.42. The highest BCUT2D eigenvalue weighted by Crippen LogP contribution is 2.35. The van der Waals surface area contributed by atoms with Crippen molar-refractivity contribution in [3.8, 4) is 0 Å². The number of alkyl carbamates (subject to hydrolysis) is 1. The quantitative estimate of drug-likeness (QED) is 0.786. The molecular weight excluding hydrogens is 334 g/mol. The monoisotopic (exact) mass is 363 g/mol. The normalized spacial score (nSPS) is 24.0. The van der Waals surface area contributed by atoms with E-state index in [1.54, 1.807) is 27.7 Å². The third-order valence-corrected chi connectivity index (χ3v) is 4.48. The second kappa shape index (κ2) is 8.54. The summed E-state index contributed by atoms with van der Waals surface area (Å²) >= 11 is 0. The van der Waals surface area contributed by atoms with Crippen LogP contribution in [-0.4, -0.2) is 34.9 Å². The molecule has 0 radical (unpaired) electrons. The summed E-state index contributed by atoms with van der Waals surface area (Å²) in [6.45, 7) is 7.25. The number of benzene rings is 1. The Morgan fingerprint density at radius 1 is 1.23 bits per heavy atom. The standard InChI is InChI=1S/C20H29NO5/c1-13(22)16-10-15(21-19(24)26-20(2,3)4)11-17(16)18(23)25-12-14-8-6-5-7-9-14/h5-9,13,15-17,22H,10-12H2,1-4H3,(H,21,24)/t13?,15-,16?,17-/m1/s1. The molecule has 144 valence electrons. The maximum atomic E-state index is 12.5. The van der Waals surface area contributed by atoms with Crippen LogP contribution in [0.5, 0.6) is 0 Å². The number of hydrogen-bond acceptors (Lipinski definition) is 5. The summed E-state index contributed by atoms with van der Waals surface area (Å²) in [6.07, 6.45) is -0.218. The van der Waals surface area contributed by atoms with E-state index in [1.807, 2.05) is 30.3 Å². The zero-order valence-electron chi connectivity index (χ0n) is 15.9. The van der Waals surface area contributed by atoms with Gasteiger partial charge in [0, 0.05) is 6.04 Å². The van der Waals surface area contributed by atoms with E-state index >= 15 is 0 Å². The van der Waals surface area contributed by atoms with E-state index in [2.05, 4.69) is 5.32 Å². The number of nitrogens with one attached hydrogen (secondary N) is 1. The molecule has 2 rings (SSSR count). The fourth-order valence-electron chi connectivity index (χ4n) is 3.30. The van der Waals surface area contributed by atoms with Crippen LogP contribution in [-0.2, 0) is 20.9 Å². The molecule has 1 aromatic rings. The number of esters is 1. The summed E-state index contributed by atoms with van der Waals surface area (Å²) in [5.74, 6) is -1.04. The number of aliphatic hydroxyl groups excluding tert-OH is 1. The lowest BCUT2D eigenvalue weighted by atomic mass is 9.91. The smallest absolute Gasteiger partial charge is 0.407 e. The van der Waals surface area contributed by atoms with E-state index in [0.29, 0.717) is 12.8 Å². The van der Waals surface area contributed by atoms with Gasteiger partial charge < -0.3 is 19.9 Å². The summed E-state index contributed by atoms with van der Waals surface area (Å²) in [7, 11) is 0. The van der Waals surface area contributed by atoms with Crippen molar-refractivity contribution in [1.29, 1.82) is 0 Å². The molecule has 6 nitrogen and oxygen atoms in total. The average molecular weight is 363 g/mol. The average Bonchev–Trinajstić information content (AvgIpc) is 2.95. The van der Waals surface area contributed by atoms with E-state index in [4.69, 9.17) is 9.47 Å². The Morgan fingerprint density at radius 2 is 1.88 bits per heavy atom. The van der Waals surface area contributed by atoms with Gasteiger partial charge in [-0.15, -0.1) is 0 Å². The van der Waals surface area contributed by atoms with Crippen LogP contribution < -0.4 is 5.32 Å². The van der Waals surface area contributed by atoms with Gasteiger partial charge in [0.25, 0.3) is 0 Å². The van der Waals surface area contributed by atoms with E-state index in [-0.39, 0.29) is 24.5 Å². The summed E-state index contributed by atoms with van der Waals surface area (Å²) in [4.78, 5) is 24.5. The maximum Gasteiger partial charge on any atom is 0.407 e. The number of rotatable bonds is 5. The second-order valence-corrected chi connectivity index (χ2v) is 7.92. The SMILES string of the molecule is CC(O)C1C[C@@H](NC(=O)OC(C)(C)C)C[C@H]1C(=O)OCc1ccccc1. The van der Waals surface area contributed by atoms with E-state index < -0.39 is 23.7 Å². The van der Waals surface area contributed by atoms with E-state index in [0.717, 1.165) is 5.56 Å². The lowest BCUT2D eigenvalue weighted by Gasteiger charge is -2.22. The van der Waals surface area contributed by atoms with E-state index in [9.17, 15) is 14.7 Å². The Morgan fingerprint density at radius 3 is 2.46 bits per heavy atom. The van der Waals surface area contributed by atoms with Gasteiger partial charge in [0.15, 0.2) is 0 Å². The molecule has 0 bridgehead atoms. The van der Waals surface area contributed by atoms with Crippen LogP contribution in [0.4, 0.5) is 4.79 Å². The van der Waals surface area contributed by atoms with Gasteiger partial charge >= 0.3 is 12.1 Å². The topological polar surface area (TPSA) is 84.9 Å². The Labute approximate surface area is 154 Å². The first-order valence-corrected chi connectivity index (χ1v) is 9.04. The molecule has 0 heterocycles. The van der Waals surface area contributed by atoms with Crippen LogP contribution in [0.3, 0.4) is 0 Å². The minimum atomic E-state index is -0.658. The van der Waals surface area contributed by atoms with Gasteiger partial charge in [-0.3, -0.25) is 4.79 Å². The molecule has 2 N–H and O–H groups in total. The van der Waals surface area contributed by atoms with Crippen LogP contribution in [0.25, 0.3) is 0 Å². The Kier molecular flexibility index (Phi) is 6.64. The molecule has 0 spiro atoms. The molecule has 26 heavy (non-hydrogen) atoms. The minimum Gasteiger partial charge on any atom is -0.461 e. The van der Waals surface area contributed by atoms with Crippen molar-refractivity contribution >= 4 is 12.1 Å². The molecule has 6 heteroatoms. The maximum absolute atomic E-state index is 12.5. The van der Waals surface area contributed by atoms with Gasteiger partial charge in [-0.1, -0.05) is 30.3 Å². The molecule has 0 aromatic heterocycles. The van der Waals surface area contributed by atoms with Crippen LogP contribution >= 0.6 is 0 Å². The lowest BCUT2D eigenvalue weighted by molar-refractivity contribution is -0.152. The molecule has 1 aromatic carbocycles. The summed E-state index contributed by atoms with van der Waals surface area (Å²) in [6, 6.07) is 9.23. The number of hydrogen-bond donors (Lipinski definition) is 2. The first kappa shape index (κ1) is 20.2. The van der Waals surface area contributed by atoms with Crippen molar-refractivity contribution in [3.63, 3.8) is 0 Å². The molecule has 0 saturated heterocycles. The largest absolute Gasteiger partial charge is 0.461 e. The van der Waals surface area contributed by atoms with Gasteiger partial charge in [0.2, 0.25) is 0 Å². The Hall–Kier alpha value is -2.08. The zero-order valence-corrected chi connectivity index (χ0v) is 15.9. The van der Waals surface area contributed by atoms with Gasteiger partial charge in [0.1, 0.15) is 12.2 Å². The number of carbonyl (C=O) groups excluding carboxylic acids is 2. The van der Waals surface area contributed by atoms with Crippen LogP contribution in [0, 0.1) is 11.8 Å². The molecule has 1 fully saturated rings. The zero-order chi connectivity index (χ0) is 19.3. The fraction of sp³-hybridized carbons (Fsp3) is 0.600. The number of aliphatic hydroxyl groups is 1. The molecule has 4 atom stereocenters. The molecule has 1 aliphatic rings. The van der Waals surface area contributed by atoms with Crippen molar-refractivity contribution in [3.05, 3.63) is 35.9 Å². The number of amides is 1. The molecule has 1 aliphatic carbocycles. The van der Waals surface area contributed by atoms with Crippen molar-refractivity contribution in [1.82, 2.24) is 5.32 Å². The predicted octanol–water partition coefficient (Wildman–Crippen LogP) is 3.03. The van der Waals surface area contributed by atoms with Crippen molar-refractivity contribution in [2.45, 2.75) is 64.9 Å². The summed E-state index contributed by atoms with van der Waals surface area (Å²) < 4.78 is 10.7. The number of carbonyl (C=O) groups is 2. The third kappa shape index (κ3) is 6.02. The first-order valence-electron chi connectivity index (χ1n) is 9.04. The van der Waals surface area contributed by atoms with Crippen LogP contribution in [0.15, 0.2) is 30.3 Å². The fourth-order valence-corrected chi connectivity index (χ4v) is 3.30. The first-order chi connectivity index (χ1) is 12.2. The number of ether oxygens (including phenoxy) is 2. The molecule has 2 unspecified atom stereocenters. The van der Waals surface area contributed by atoms with Crippen molar-refractivity contribution < 1.29 is 24.2 Å². The van der Waals surface area contributed by atoms with Crippen LogP contribution in [0.2, 0.25) is 0 Å². The molecule has 1 saturated carbocycles. The van der Waals surface area contributed by atoms with Crippen LogP contribution in [0.1, 0.15) is 46.1 Å². The van der Waals surface area contributed by atoms with Gasteiger partial charge in [-0.05, 0) is 52.0 Å². The van der Waals surface area contributed by atoms with Gasteiger partial charge in [-0.25, -0.2) is 4.79 Å². The van der Waals surface area contributed by atoms with E-state index in [1.165, 1.54) is 0 Å². The Balaban J connectivity index is 1.93. The highest BCUT2D eigenvalue weighted by atomic mass is 16.6. The van der Waals surface area contributed by atoms with Crippen molar-refractivity contribution in [2.75, 3.05) is 0 Å². The van der Waals surface area contributed by atoms with Crippen molar-refractivity contribution in [2.24, 2.45) is 11.8 Å². The van der Waals surface area contributed by atoms with Gasteiger partial charge in [0.05, 0.1) is 12.0 Å².